The molecule has 0 heterocycles. The predicted octanol–water partition coefficient (Wildman–Crippen LogP) is -12.4. The highest BCUT2D eigenvalue weighted by atomic mass is 16.2. The fraction of sp³-hybridized carbons (Fsp3) is 0.667. The third kappa shape index (κ3) is 40.0. The standard InChI is InChI=1S/C48H99N33O8/c49-25(9-1-17-67-41(51)52)34(83)76-27(11-3-19-69-43(55)56)36(85)78-29(13-5-21-71-45(59)60)38(87)80-31(15-7-23-73-47(63)64)40(89)81-32(16-8-24-74-48(65)66)39(88)79-30(14-6-22-72-46(61)62)37(86)77-28(12-4-20-70-44(57)58)35(84)75-26(33(50)82)10-2-18-68-42(53)54/h25-32H,1-24,49H2,(H2,50,82)(H,75,84)(H,76,83)(H,77,86)(H,78,85)(H,79,88)(H,80,87)(H,81,89)(H4,51,52,67)(H4,53,54,68)(H4,55,56,69)(H4,57,58,70)(H4,59,60,71)(H4,61,62,72)(H4,63,64,73)(H4,65,66,74)/t25-,26-,27-,28-,29-,30-,31-,32-/m1/s1. The van der Waals surface area contributed by atoms with Gasteiger partial charge in [0.15, 0.2) is 47.7 Å². The lowest BCUT2D eigenvalue weighted by molar-refractivity contribution is -0.136. The SMILES string of the molecule is NC(=O)[C@@H](CCCN=C(N)N)NC(=O)[C@@H](CCCN=C(N)N)NC(=O)[C@@H](CCCN=C(N)N)NC(=O)[C@@H](CCCN=C(N)N)NC(=O)[C@@H](CCCN=C(N)N)NC(=O)[C@@H](CCCN=C(N)N)NC(=O)[C@@H](CCCN=C(N)N)NC(=O)[C@H](N)CCCN=C(N)N. The van der Waals surface area contributed by atoms with Crippen LogP contribution in [0.1, 0.15) is 103 Å². The summed E-state index contributed by atoms with van der Waals surface area (Å²) in [5.41, 5.74) is 99.9. The summed E-state index contributed by atoms with van der Waals surface area (Å²) in [6.45, 7) is 0.254. The molecule has 0 aliphatic rings. The second-order valence-corrected chi connectivity index (χ2v) is 20.0. The first-order chi connectivity index (χ1) is 41.9. The lowest BCUT2D eigenvalue weighted by atomic mass is 10.0. The van der Waals surface area contributed by atoms with Crippen molar-refractivity contribution in [3.8, 4) is 0 Å². The Morgan fingerprint density at radius 1 is 0.225 bits per heavy atom. The summed E-state index contributed by atoms with van der Waals surface area (Å²) in [6.07, 6.45) is 0.466. The number of nitrogens with one attached hydrogen (secondary N) is 7. The van der Waals surface area contributed by atoms with E-state index >= 15 is 0 Å². The maximum Gasteiger partial charge on any atom is 0.243 e. The third-order valence-electron chi connectivity index (χ3n) is 12.4. The van der Waals surface area contributed by atoms with Gasteiger partial charge in [0.2, 0.25) is 47.3 Å². The summed E-state index contributed by atoms with van der Waals surface area (Å²) >= 11 is 0. The molecule has 8 atom stereocenters. The van der Waals surface area contributed by atoms with Gasteiger partial charge in [0.25, 0.3) is 0 Å². The van der Waals surface area contributed by atoms with E-state index in [1.807, 2.05) is 0 Å². The molecule has 0 spiro atoms. The van der Waals surface area contributed by atoms with Crippen LogP contribution < -0.4 is 140 Å². The molecule has 0 radical (unpaired) electrons. The lowest BCUT2D eigenvalue weighted by Gasteiger charge is -2.28. The van der Waals surface area contributed by atoms with Gasteiger partial charge in [0.1, 0.15) is 42.3 Å². The molecule has 0 aromatic rings. The Bertz CT molecular complexity index is 2470. The van der Waals surface area contributed by atoms with E-state index < -0.39 is 95.6 Å². The van der Waals surface area contributed by atoms with Gasteiger partial charge >= 0.3 is 0 Å². The maximum atomic E-state index is 14.7. The van der Waals surface area contributed by atoms with Crippen LogP contribution in [0.15, 0.2) is 39.9 Å². The van der Waals surface area contributed by atoms with Crippen LogP contribution in [-0.2, 0) is 38.4 Å². The number of carbonyl (C=O) groups excluding carboxylic acids is 8. The van der Waals surface area contributed by atoms with Crippen LogP contribution in [0, 0.1) is 0 Å². The predicted molar refractivity (Wildman–Crippen MR) is 340 cm³/mol. The summed E-state index contributed by atoms with van der Waals surface area (Å²) in [5.74, 6) is -8.89. The number of carbonyl (C=O) groups is 8. The lowest BCUT2D eigenvalue weighted by Crippen LogP contribution is -2.60. The summed E-state index contributed by atoms with van der Waals surface area (Å²) < 4.78 is 0. The number of primary amides is 1. The Morgan fingerprint density at radius 3 is 0.539 bits per heavy atom. The quantitative estimate of drug-likeness (QED) is 0.0153. The number of hydrogen-bond acceptors (Lipinski definition) is 17. The van der Waals surface area contributed by atoms with Gasteiger partial charge in [-0.3, -0.25) is 78.3 Å². The zero-order chi connectivity index (χ0) is 67.4. The van der Waals surface area contributed by atoms with Crippen molar-refractivity contribution in [3.63, 3.8) is 0 Å². The fourth-order valence-electron chi connectivity index (χ4n) is 7.99. The Balaban J connectivity index is 7.48. The normalized spacial score (nSPS) is 13.3. The van der Waals surface area contributed by atoms with Crippen LogP contribution in [0.5, 0.6) is 0 Å². The minimum Gasteiger partial charge on any atom is -0.370 e. The monoisotopic (exact) mass is 1270 g/mol. The van der Waals surface area contributed by atoms with Gasteiger partial charge in [0, 0.05) is 52.4 Å². The minimum absolute atomic E-state index is 0.00638. The van der Waals surface area contributed by atoms with Gasteiger partial charge in [-0.1, -0.05) is 0 Å². The van der Waals surface area contributed by atoms with Gasteiger partial charge in [0.05, 0.1) is 6.04 Å². The Morgan fingerprint density at radius 2 is 0.371 bits per heavy atom. The first kappa shape index (κ1) is 78.9. The summed E-state index contributed by atoms with van der Waals surface area (Å²) in [4.78, 5) is 144. The summed E-state index contributed by atoms with van der Waals surface area (Å²) in [6, 6.07) is -11.0. The first-order valence-electron chi connectivity index (χ1n) is 28.5. The molecule has 504 valence electrons. The second kappa shape index (κ2) is 45.2. The molecule has 0 rings (SSSR count). The van der Waals surface area contributed by atoms with E-state index in [1.165, 1.54) is 0 Å². The molecule has 0 saturated heterocycles. The highest BCUT2D eigenvalue weighted by molar-refractivity contribution is 5.98. The molecule has 41 nitrogen and oxygen atoms in total. The second-order valence-electron chi connectivity index (χ2n) is 20.0. The average molecular weight is 1270 g/mol. The van der Waals surface area contributed by atoms with Crippen LogP contribution in [0.4, 0.5) is 0 Å². The number of nitrogens with zero attached hydrogens (tertiary/aromatic N) is 8. The number of nitrogens with two attached hydrogens (primary N) is 18. The highest BCUT2D eigenvalue weighted by Crippen LogP contribution is 2.11. The molecule has 0 fully saturated rings. The van der Waals surface area contributed by atoms with Crippen LogP contribution in [0.3, 0.4) is 0 Å². The highest BCUT2D eigenvalue weighted by Gasteiger charge is 2.34. The topological polar surface area (TPSA) is 788 Å². The Kier molecular flexibility index (Phi) is 40.1. The van der Waals surface area contributed by atoms with Gasteiger partial charge in [-0.15, -0.1) is 0 Å². The fourth-order valence-corrected chi connectivity index (χ4v) is 7.99. The summed E-state index contributed by atoms with van der Waals surface area (Å²) in [5, 5.41) is 18.4. The molecule has 0 saturated carbocycles. The zero-order valence-corrected chi connectivity index (χ0v) is 50.3. The van der Waals surface area contributed by atoms with E-state index in [1.54, 1.807) is 0 Å². The molecule has 0 aliphatic heterocycles. The van der Waals surface area contributed by atoms with E-state index in [4.69, 9.17) is 103 Å². The molecule has 8 amide bonds. The van der Waals surface area contributed by atoms with Crippen molar-refractivity contribution in [1.29, 1.82) is 0 Å². The van der Waals surface area contributed by atoms with E-state index in [0.717, 1.165) is 0 Å². The van der Waals surface area contributed by atoms with Crippen molar-refractivity contribution >= 4 is 94.9 Å². The number of hydrogen-bond donors (Lipinski definition) is 25. The molecular formula is C48H99N33O8. The smallest absolute Gasteiger partial charge is 0.243 e. The molecule has 43 N–H and O–H groups in total. The summed E-state index contributed by atoms with van der Waals surface area (Å²) in [7, 11) is 0. The molecule has 0 aromatic carbocycles. The van der Waals surface area contributed by atoms with Crippen molar-refractivity contribution in [3.05, 3.63) is 0 Å². The van der Waals surface area contributed by atoms with Crippen molar-refractivity contribution in [2.45, 2.75) is 151 Å². The van der Waals surface area contributed by atoms with Crippen LogP contribution in [0.2, 0.25) is 0 Å². The Hall–Kier alpha value is -10.1. The minimum atomic E-state index is -1.51. The van der Waals surface area contributed by atoms with Crippen LogP contribution in [0.25, 0.3) is 0 Å². The van der Waals surface area contributed by atoms with Gasteiger partial charge < -0.3 is 140 Å². The van der Waals surface area contributed by atoms with Crippen LogP contribution in [-0.4, -0.2) is 196 Å². The average Bonchev–Trinajstić information content (AvgIpc) is 3.36. The third-order valence-corrected chi connectivity index (χ3v) is 12.4. The largest absolute Gasteiger partial charge is 0.370 e. The Labute approximate surface area is 515 Å². The maximum absolute atomic E-state index is 14.7. The van der Waals surface area contributed by atoms with Gasteiger partial charge in [-0.05, 0) is 103 Å². The van der Waals surface area contributed by atoms with Gasteiger partial charge in [-0.25, -0.2) is 0 Å². The molecule has 0 aromatic heterocycles. The van der Waals surface area contributed by atoms with E-state index in [0.29, 0.717) is 6.42 Å². The molecule has 0 aliphatic carbocycles. The van der Waals surface area contributed by atoms with Crippen molar-refractivity contribution < 1.29 is 38.4 Å². The van der Waals surface area contributed by atoms with Gasteiger partial charge in [-0.2, -0.15) is 0 Å². The molecular weight excluding hydrogens is 1170 g/mol. The first-order valence-corrected chi connectivity index (χ1v) is 28.5. The molecule has 0 bridgehead atoms. The number of guanidine groups is 8. The van der Waals surface area contributed by atoms with E-state index in [2.05, 4.69) is 77.2 Å². The van der Waals surface area contributed by atoms with Crippen molar-refractivity contribution in [2.24, 2.45) is 143 Å². The number of aliphatic imine (C=N–C) groups is 8. The number of rotatable bonds is 47. The molecule has 41 heteroatoms. The van der Waals surface area contributed by atoms with E-state index in [-0.39, 0.29) is 196 Å². The molecule has 89 heavy (non-hydrogen) atoms. The van der Waals surface area contributed by atoms with Crippen molar-refractivity contribution in [2.75, 3.05) is 52.4 Å². The van der Waals surface area contributed by atoms with Crippen LogP contribution >= 0.6 is 0 Å². The molecule has 0 unspecified atom stereocenters. The van der Waals surface area contributed by atoms with Crippen molar-refractivity contribution in [1.82, 2.24) is 37.2 Å². The van der Waals surface area contributed by atoms with E-state index in [9.17, 15) is 38.4 Å². The number of amides is 8. The zero-order valence-electron chi connectivity index (χ0n) is 50.3.